The molecule has 2 rings (SSSR count). The molecule has 0 bridgehead atoms. The van der Waals surface area contributed by atoms with Crippen LogP contribution in [0.3, 0.4) is 0 Å². The van der Waals surface area contributed by atoms with Crippen LogP contribution in [-0.4, -0.2) is 31.0 Å². The van der Waals surface area contributed by atoms with E-state index in [1.807, 2.05) is 12.1 Å². The van der Waals surface area contributed by atoms with Crippen molar-refractivity contribution >= 4 is 27.8 Å². The number of guanidine groups is 1. The van der Waals surface area contributed by atoms with Crippen LogP contribution in [0.2, 0.25) is 0 Å². The summed E-state index contributed by atoms with van der Waals surface area (Å²) in [6.07, 6.45) is 7.48. The summed E-state index contributed by atoms with van der Waals surface area (Å²) in [6.45, 7) is 0.954. The van der Waals surface area contributed by atoms with Crippen LogP contribution in [0, 0.1) is 0 Å². The molecule has 1 fully saturated rings. The molecular weight excluding hydrogens is 356 g/mol. The highest BCUT2D eigenvalue weighted by Crippen LogP contribution is 2.16. The lowest BCUT2D eigenvalue weighted by Gasteiger charge is -2.16. The molecule has 1 saturated carbocycles. The van der Waals surface area contributed by atoms with E-state index in [4.69, 9.17) is 5.73 Å². The molecule has 4 N–H and O–H groups in total. The van der Waals surface area contributed by atoms with Gasteiger partial charge in [0.1, 0.15) is 0 Å². The molecule has 126 valence electrons. The van der Waals surface area contributed by atoms with Crippen LogP contribution < -0.4 is 16.4 Å². The summed E-state index contributed by atoms with van der Waals surface area (Å²) >= 11 is 3.35. The van der Waals surface area contributed by atoms with Crippen molar-refractivity contribution in [2.45, 2.75) is 44.6 Å². The lowest BCUT2D eigenvalue weighted by molar-refractivity contribution is 0.0955. The fraction of sp³-hybridized carbons (Fsp3) is 0.529. The normalized spacial score (nSPS) is 16.7. The van der Waals surface area contributed by atoms with Gasteiger partial charge >= 0.3 is 0 Å². The molecule has 5 nitrogen and oxygen atoms in total. The highest BCUT2D eigenvalue weighted by Gasteiger charge is 2.12. The monoisotopic (exact) mass is 380 g/mol. The summed E-state index contributed by atoms with van der Waals surface area (Å²) in [4.78, 5) is 16.2. The minimum Gasteiger partial charge on any atom is -0.370 e. The number of nitrogens with two attached hydrogens (primary N) is 1. The largest absolute Gasteiger partial charge is 0.370 e. The minimum atomic E-state index is -0.0944. The lowest BCUT2D eigenvalue weighted by atomic mass is 10.1. The van der Waals surface area contributed by atoms with E-state index >= 15 is 0 Å². The van der Waals surface area contributed by atoms with E-state index in [1.165, 1.54) is 25.7 Å². The number of carbonyl (C=O) groups is 1. The van der Waals surface area contributed by atoms with Gasteiger partial charge < -0.3 is 16.4 Å². The zero-order valence-corrected chi connectivity index (χ0v) is 14.9. The highest BCUT2D eigenvalue weighted by atomic mass is 79.9. The molecular formula is C17H25BrN4O. The van der Waals surface area contributed by atoms with Gasteiger partial charge in [-0.3, -0.25) is 9.79 Å². The Bertz CT molecular complexity index is 522. The van der Waals surface area contributed by atoms with Crippen molar-refractivity contribution in [3.05, 3.63) is 34.3 Å². The summed E-state index contributed by atoms with van der Waals surface area (Å²) in [6, 6.07) is 7.71. The van der Waals surface area contributed by atoms with Gasteiger partial charge in [-0.25, -0.2) is 0 Å². The molecule has 1 aromatic rings. The third-order valence-electron chi connectivity index (χ3n) is 3.99. The predicted molar refractivity (Wildman–Crippen MR) is 97.6 cm³/mol. The molecule has 1 amide bonds. The number of amides is 1. The second-order valence-corrected chi connectivity index (χ2v) is 6.78. The standard InChI is InChI=1S/C17H25BrN4O/c18-14-9-7-13(8-10-14)16(23)20-11-12-21-17(19)22-15-5-3-1-2-4-6-15/h7-10,15H,1-6,11-12H2,(H,20,23)(H3,19,21,22). The maximum atomic E-state index is 11.9. The van der Waals surface area contributed by atoms with E-state index in [0.29, 0.717) is 30.7 Å². The van der Waals surface area contributed by atoms with E-state index in [0.717, 1.165) is 17.3 Å². The first-order chi connectivity index (χ1) is 11.1. The van der Waals surface area contributed by atoms with Crippen molar-refractivity contribution < 1.29 is 4.79 Å². The van der Waals surface area contributed by atoms with Crippen LogP contribution in [0.5, 0.6) is 0 Å². The van der Waals surface area contributed by atoms with Gasteiger partial charge in [0.15, 0.2) is 5.96 Å². The predicted octanol–water partition coefficient (Wildman–Crippen LogP) is 2.81. The Hall–Kier alpha value is -1.56. The summed E-state index contributed by atoms with van der Waals surface area (Å²) < 4.78 is 0.955. The number of hydrogen-bond donors (Lipinski definition) is 3. The molecule has 0 atom stereocenters. The average Bonchev–Trinajstić information content (AvgIpc) is 2.80. The van der Waals surface area contributed by atoms with Gasteiger partial charge in [-0.1, -0.05) is 41.6 Å². The van der Waals surface area contributed by atoms with Gasteiger partial charge in [0.2, 0.25) is 0 Å². The maximum Gasteiger partial charge on any atom is 0.251 e. The van der Waals surface area contributed by atoms with Gasteiger partial charge in [-0.05, 0) is 37.1 Å². The number of aliphatic imine (C=N–C) groups is 1. The Labute approximate surface area is 146 Å². The molecule has 0 unspecified atom stereocenters. The van der Waals surface area contributed by atoms with Crippen molar-refractivity contribution in [2.24, 2.45) is 10.7 Å². The number of halogens is 1. The fourth-order valence-corrected chi connectivity index (χ4v) is 2.99. The Kier molecular flexibility index (Phi) is 7.39. The van der Waals surface area contributed by atoms with E-state index < -0.39 is 0 Å². The zero-order valence-electron chi connectivity index (χ0n) is 13.4. The number of rotatable bonds is 5. The molecule has 0 saturated heterocycles. The Morgan fingerprint density at radius 2 is 1.83 bits per heavy atom. The first kappa shape index (κ1) is 17.8. The second-order valence-electron chi connectivity index (χ2n) is 5.86. The molecule has 0 heterocycles. The Morgan fingerprint density at radius 3 is 2.48 bits per heavy atom. The molecule has 1 aliphatic carbocycles. The molecule has 1 aliphatic rings. The first-order valence-electron chi connectivity index (χ1n) is 8.25. The fourth-order valence-electron chi connectivity index (χ4n) is 2.73. The van der Waals surface area contributed by atoms with E-state index in [-0.39, 0.29) is 5.91 Å². The van der Waals surface area contributed by atoms with Crippen molar-refractivity contribution in [3.63, 3.8) is 0 Å². The number of nitrogens with one attached hydrogen (secondary N) is 2. The topological polar surface area (TPSA) is 79.5 Å². The number of benzene rings is 1. The summed E-state index contributed by atoms with van der Waals surface area (Å²) in [5, 5.41) is 6.14. The van der Waals surface area contributed by atoms with Crippen molar-refractivity contribution in [1.82, 2.24) is 10.6 Å². The number of carbonyl (C=O) groups excluding carboxylic acids is 1. The average molecular weight is 381 g/mol. The van der Waals surface area contributed by atoms with Crippen molar-refractivity contribution in [1.29, 1.82) is 0 Å². The van der Waals surface area contributed by atoms with Gasteiger partial charge in [-0.2, -0.15) is 0 Å². The smallest absolute Gasteiger partial charge is 0.251 e. The van der Waals surface area contributed by atoms with E-state index in [9.17, 15) is 4.79 Å². The van der Waals surface area contributed by atoms with Crippen LogP contribution in [0.4, 0.5) is 0 Å². The quantitative estimate of drug-likeness (QED) is 0.318. The van der Waals surface area contributed by atoms with Crippen LogP contribution in [0.1, 0.15) is 48.9 Å². The second kappa shape index (κ2) is 9.55. The third-order valence-corrected chi connectivity index (χ3v) is 4.52. The van der Waals surface area contributed by atoms with Crippen molar-refractivity contribution in [2.75, 3.05) is 13.1 Å². The molecule has 1 aromatic carbocycles. The minimum absolute atomic E-state index is 0.0944. The zero-order chi connectivity index (χ0) is 16.5. The maximum absolute atomic E-state index is 11.9. The van der Waals surface area contributed by atoms with Gasteiger partial charge in [-0.15, -0.1) is 0 Å². The van der Waals surface area contributed by atoms with E-state index in [1.54, 1.807) is 12.1 Å². The first-order valence-corrected chi connectivity index (χ1v) is 9.04. The van der Waals surface area contributed by atoms with Crippen molar-refractivity contribution in [3.8, 4) is 0 Å². The number of hydrogen-bond acceptors (Lipinski definition) is 2. The third kappa shape index (κ3) is 6.60. The number of nitrogens with zero attached hydrogens (tertiary/aromatic N) is 1. The molecule has 0 radical (unpaired) electrons. The Morgan fingerprint density at radius 1 is 1.17 bits per heavy atom. The highest BCUT2D eigenvalue weighted by molar-refractivity contribution is 9.10. The van der Waals surface area contributed by atoms with Gasteiger partial charge in [0.05, 0.1) is 6.54 Å². The molecule has 23 heavy (non-hydrogen) atoms. The van der Waals surface area contributed by atoms with E-state index in [2.05, 4.69) is 31.6 Å². The molecule has 0 aromatic heterocycles. The van der Waals surface area contributed by atoms with Crippen LogP contribution in [0.25, 0.3) is 0 Å². The molecule has 6 heteroatoms. The SMILES string of the molecule is NC(=NCCNC(=O)c1ccc(Br)cc1)NC1CCCCCC1. The molecule has 0 spiro atoms. The summed E-state index contributed by atoms with van der Waals surface area (Å²) in [5.74, 6) is 0.387. The van der Waals surface area contributed by atoms with Gasteiger partial charge in [0, 0.05) is 22.6 Å². The molecule has 0 aliphatic heterocycles. The summed E-state index contributed by atoms with van der Waals surface area (Å²) in [5.41, 5.74) is 6.56. The Balaban J connectivity index is 1.68. The summed E-state index contributed by atoms with van der Waals surface area (Å²) in [7, 11) is 0. The van der Waals surface area contributed by atoms with Crippen LogP contribution in [-0.2, 0) is 0 Å². The van der Waals surface area contributed by atoms with Crippen LogP contribution in [0.15, 0.2) is 33.7 Å². The van der Waals surface area contributed by atoms with Gasteiger partial charge in [0.25, 0.3) is 5.91 Å². The van der Waals surface area contributed by atoms with Crippen LogP contribution >= 0.6 is 15.9 Å². The lowest BCUT2D eigenvalue weighted by Crippen LogP contribution is -2.40.